The van der Waals surface area contributed by atoms with Crippen molar-refractivity contribution in [2.75, 3.05) is 6.54 Å². The number of nitrogens with zero attached hydrogens (tertiary/aromatic N) is 3. The van der Waals surface area contributed by atoms with E-state index in [-0.39, 0.29) is 10.0 Å². The highest BCUT2D eigenvalue weighted by atomic mass is 35.5. The van der Waals surface area contributed by atoms with E-state index in [4.69, 9.17) is 11.6 Å². The molecule has 19 heavy (non-hydrogen) atoms. The van der Waals surface area contributed by atoms with E-state index in [1.807, 2.05) is 13.2 Å². The molecule has 1 N–H and O–H groups in total. The normalized spacial score (nSPS) is 11.7. The lowest BCUT2D eigenvalue weighted by Gasteiger charge is -2.05. The Balaban J connectivity index is 1.96. The summed E-state index contributed by atoms with van der Waals surface area (Å²) in [7, 11) is -1.73. The maximum Gasteiger partial charge on any atom is 0.242 e. The van der Waals surface area contributed by atoms with Gasteiger partial charge in [0.25, 0.3) is 0 Å². The van der Waals surface area contributed by atoms with Crippen LogP contribution in [0.25, 0.3) is 0 Å². The molecule has 0 saturated carbocycles. The maximum atomic E-state index is 11.9. The molecule has 2 heterocycles. The predicted octanol–water partition coefficient (Wildman–Crippen LogP) is 0.989. The summed E-state index contributed by atoms with van der Waals surface area (Å²) in [4.78, 5) is 3.85. The van der Waals surface area contributed by atoms with Gasteiger partial charge in [-0.2, -0.15) is 5.10 Å². The number of nitrogens with one attached hydrogen (secondary N) is 1. The van der Waals surface area contributed by atoms with Crippen molar-refractivity contribution in [3.05, 3.63) is 41.4 Å². The van der Waals surface area contributed by atoms with Crippen LogP contribution in [0.2, 0.25) is 5.15 Å². The van der Waals surface area contributed by atoms with Crippen molar-refractivity contribution in [1.82, 2.24) is 19.5 Å². The molecule has 0 fully saturated rings. The van der Waals surface area contributed by atoms with Crippen molar-refractivity contribution >= 4 is 21.6 Å². The molecule has 0 aliphatic rings. The van der Waals surface area contributed by atoms with Crippen LogP contribution >= 0.6 is 11.6 Å². The van der Waals surface area contributed by atoms with E-state index >= 15 is 0 Å². The summed E-state index contributed by atoms with van der Waals surface area (Å²) in [6.45, 7) is 0.302. The lowest BCUT2D eigenvalue weighted by molar-refractivity contribution is 0.581. The van der Waals surface area contributed by atoms with Gasteiger partial charge in [0.2, 0.25) is 10.0 Å². The Morgan fingerprint density at radius 2 is 2.16 bits per heavy atom. The highest BCUT2D eigenvalue weighted by molar-refractivity contribution is 7.89. The first-order valence-electron chi connectivity index (χ1n) is 5.56. The van der Waals surface area contributed by atoms with Gasteiger partial charge in [0.15, 0.2) is 0 Å². The van der Waals surface area contributed by atoms with E-state index in [9.17, 15) is 8.42 Å². The van der Waals surface area contributed by atoms with Gasteiger partial charge < -0.3 is 0 Å². The molecule has 102 valence electrons. The van der Waals surface area contributed by atoms with Crippen LogP contribution in [0.15, 0.2) is 35.6 Å². The van der Waals surface area contributed by atoms with Crippen molar-refractivity contribution in [3.63, 3.8) is 0 Å². The van der Waals surface area contributed by atoms with Gasteiger partial charge in [-0.1, -0.05) is 11.6 Å². The van der Waals surface area contributed by atoms with Crippen molar-refractivity contribution in [1.29, 1.82) is 0 Å². The molecule has 0 radical (unpaired) electrons. The van der Waals surface area contributed by atoms with E-state index in [2.05, 4.69) is 14.8 Å². The zero-order chi connectivity index (χ0) is 13.9. The van der Waals surface area contributed by atoms with E-state index < -0.39 is 10.0 Å². The molecular formula is C11H13ClN4O2S. The third-order valence-electron chi connectivity index (χ3n) is 2.47. The largest absolute Gasteiger partial charge is 0.276 e. The number of aryl methyl sites for hydroxylation is 1. The number of pyridine rings is 1. The zero-order valence-corrected chi connectivity index (χ0v) is 11.8. The molecule has 0 aliphatic carbocycles. The van der Waals surface area contributed by atoms with Crippen LogP contribution in [0.3, 0.4) is 0 Å². The van der Waals surface area contributed by atoms with Crippen LogP contribution in [0.4, 0.5) is 0 Å². The number of aromatic nitrogens is 3. The fourth-order valence-electron chi connectivity index (χ4n) is 1.54. The van der Waals surface area contributed by atoms with Crippen molar-refractivity contribution in [2.45, 2.75) is 11.3 Å². The Labute approximate surface area is 116 Å². The van der Waals surface area contributed by atoms with Gasteiger partial charge in [-0.25, -0.2) is 18.1 Å². The van der Waals surface area contributed by atoms with E-state index in [0.29, 0.717) is 13.0 Å². The van der Waals surface area contributed by atoms with Crippen LogP contribution in [-0.2, 0) is 23.5 Å². The van der Waals surface area contributed by atoms with Gasteiger partial charge >= 0.3 is 0 Å². The monoisotopic (exact) mass is 300 g/mol. The number of sulfonamides is 1. The summed E-state index contributed by atoms with van der Waals surface area (Å²) < 4.78 is 28.0. The molecule has 0 saturated heterocycles. The summed E-state index contributed by atoms with van der Waals surface area (Å²) in [6.07, 6.45) is 5.36. The highest BCUT2D eigenvalue weighted by Gasteiger charge is 2.13. The fourth-order valence-corrected chi connectivity index (χ4v) is 2.62. The van der Waals surface area contributed by atoms with E-state index in [1.165, 1.54) is 18.3 Å². The Morgan fingerprint density at radius 3 is 2.74 bits per heavy atom. The minimum atomic E-state index is -3.54. The lowest BCUT2D eigenvalue weighted by Crippen LogP contribution is -2.26. The topological polar surface area (TPSA) is 76.9 Å². The van der Waals surface area contributed by atoms with Crippen LogP contribution < -0.4 is 4.72 Å². The molecular weight excluding hydrogens is 288 g/mol. The SMILES string of the molecule is Cn1cc(CCNS(=O)(=O)c2ccc(Cl)nc2)cn1. The van der Waals surface area contributed by atoms with E-state index in [0.717, 1.165) is 5.56 Å². The minimum Gasteiger partial charge on any atom is -0.276 e. The lowest BCUT2D eigenvalue weighted by atomic mass is 10.3. The summed E-state index contributed by atoms with van der Waals surface area (Å²) >= 11 is 5.61. The second-order valence-electron chi connectivity index (χ2n) is 3.99. The summed E-state index contributed by atoms with van der Waals surface area (Å²) in [5.74, 6) is 0. The van der Waals surface area contributed by atoms with Gasteiger partial charge in [0.1, 0.15) is 10.0 Å². The molecule has 2 aromatic rings. The minimum absolute atomic E-state index is 0.100. The first kappa shape index (κ1) is 14.0. The summed E-state index contributed by atoms with van der Waals surface area (Å²) in [5, 5.41) is 4.27. The van der Waals surface area contributed by atoms with Gasteiger partial charge in [0, 0.05) is 26.0 Å². The number of rotatable bonds is 5. The molecule has 2 rings (SSSR count). The first-order chi connectivity index (χ1) is 8.97. The third-order valence-corrected chi connectivity index (χ3v) is 4.14. The second kappa shape index (κ2) is 5.68. The van der Waals surface area contributed by atoms with E-state index in [1.54, 1.807) is 10.9 Å². The molecule has 0 aliphatic heterocycles. The molecule has 0 amide bonds. The van der Waals surface area contributed by atoms with Gasteiger partial charge in [-0.3, -0.25) is 4.68 Å². The van der Waals surface area contributed by atoms with Crippen molar-refractivity contribution in [3.8, 4) is 0 Å². The summed E-state index contributed by atoms with van der Waals surface area (Å²) in [5.41, 5.74) is 0.972. The molecule has 8 heteroatoms. The zero-order valence-electron chi connectivity index (χ0n) is 10.2. The first-order valence-corrected chi connectivity index (χ1v) is 7.42. The molecule has 0 atom stereocenters. The van der Waals surface area contributed by atoms with Crippen LogP contribution in [-0.4, -0.2) is 29.7 Å². The number of hydrogen-bond acceptors (Lipinski definition) is 4. The second-order valence-corrected chi connectivity index (χ2v) is 6.14. The molecule has 0 spiro atoms. The Morgan fingerprint density at radius 1 is 1.37 bits per heavy atom. The molecule has 0 unspecified atom stereocenters. The van der Waals surface area contributed by atoms with Crippen LogP contribution in [0, 0.1) is 0 Å². The van der Waals surface area contributed by atoms with Crippen LogP contribution in [0.5, 0.6) is 0 Å². The molecule has 6 nitrogen and oxygen atoms in total. The van der Waals surface area contributed by atoms with Gasteiger partial charge in [0.05, 0.1) is 6.20 Å². The number of halogens is 1. The highest BCUT2D eigenvalue weighted by Crippen LogP contribution is 2.10. The van der Waals surface area contributed by atoms with Crippen molar-refractivity contribution < 1.29 is 8.42 Å². The quantitative estimate of drug-likeness (QED) is 0.835. The fraction of sp³-hybridized carbons (Fsp3) is 0.273. The molecule has 2 aromatic heterocycles. The van der Waals surface area contributed by atoms with Crippen LogP contribution in [0.1, 0.15) is 5.56 Å². The average molecular weight is 301 g/mol. The predicted molar refractivity (Wildman–Crippen MR) is 71.3 cm³/mol. The van der Waals surface area contributed by atoms with Gasteiger partial charge in [-0.05, 0) is 24.1 Å². The Bertz CT molecular complexity index is 652. The van der Waals surface area contributed by atoms with Crippen molar-refractivity contribution in [2.24, 2.45) is 7.05 Å². The standard InChI is InChI=1S/C11H13ClN4O2S/c1-16-8-9(6-14-16)4-5-15-19(17,18)10-2-3-11(12)13-7-10/h2-3,6-8,15H,4-5H2,1H3. The third kappa shape index (κ3) is 3.76. The smallest absolute Gasteiger partial charge is 0.242 e. The Kier molecular flexibility index (Phi) is 4.18. The Hall–Kier alpha value is -1.44. The summed E-state index contributed by atoms with van der Waals surface area (Å²) in [6, 6.07) is 2.86. The number of hydrogen-bond donors (Lipinski definition) is 1. The average Bonchev–Trinajstić information content (AvgIpc) is 2.75. The molecule has 0 bridgehead atoms. The molecule has 0 aromatic carbocycles. The van der Waals surface area contributed by atoms with Gasteiger partial charge in [-0.15, -0.1) is 0 Å². The maximum absolute atomic E-state index is 11.9.